The maximum atomic E-state index is 5.17. The van der Waals surface area contributed by atoms with Gasteiger partial charge in [-0.25, -0.2) is 0 Å². The summed E-state index contributed by atoms with van der Waals surface area (Å²) in [7, 11) is 0. The second-order valence-electron chi connectivity index (χ2n) is 3.65. The molecule has 0 N–H and O–H groups in total. The smallest absolute Gasteiger partial charge is 0.0822 e. The second kappa shape index (κ2) is 3.55. The van der Waals surface area contributed by atoms with Crippen molar-refractivity contribution in [3.05, 3.63) is 0 Å². The van der Waals surface area contributed by atoms with Crippen LogP contribution in [0.15, 0.2) is 0 Å². The molecular formula is C9H17NO. The monoisotopic (exact) mass is 155 g/mol. The topological polar surface area (TPSA) is 15.8 Å². The Hall–Kier alpha value is -0.0800. The minimum Gasteiger partial charge on any atom is -0.373 e. The lowest BCUT2D eigenvalue weighted by atomic mass is 10.1. The van der Waals surface area contributed by atoms with Crippen molar-refractivity contribution in [1.82, 2.24) is 4.90 Å². The number of ether oxygens (including phenoxy) is 1. The fraction of sp³-hybridized carbons (Fsp3) is 1.00. The summed E-state index contributed by atoms with van der Waals surface area (Å²) in [6.07, 6.45) is 6.14. The van der Waals surface area contributed by atoms with Crippen molar-refractivity contribution in [2.75, 3.05) is 26.2 Å². The first-order valence-corrected chi connectivity index (χ1v) is 4.79. The van der Waals surface area contributed by atoms with Crippen LogP contribution in [0.5, 0.6) is 0 Å². The molecule has 11 heavy (non-hydrogen) atoms. The highest BCUT2D eigenvalue weighted by molar-refractivity contribution is 4.72. The largest absolute Gasteiger partial charge is 0.373 e. The molecule has 64 valence electrons. The fourth-order valence-electron chi connectivity index (χ4n) is 1.74. The summed E-state index contributed by atoms with van der Waals surface area (Å²) in [5.41, 5.74) is 0. The molecule has 0 amide bonds. The maximum absolute atomic E-state index is 5.17. The van der Waals surface area contributed by atoms with E-state index in [2.05, 4.69) is 4.90 Å². The van der Waals surface area contributed by atoms with Crippen LogP contribution in [-0.2, 0) is 4.74 Å². The zero-order valence-corrected chi connectivity index (χ0v) is 7.09. The quantitative estimate of drug-likeness (QED) is 0.570. The first kappa shape index (κ1) is 7.56. The van der Waals surface area contributed by atoms with Gasteiger partial charge in [0.25, 0.3) is 0 Å². The summed E-state index contributed by atoms with van der Waals surface area (Å²) < 4.78 is 5.17. The Kier molecular flexibility index (Phi) is 2.44. The minimum absolute atomic E-state index is 0.622. The Morgan fingerprint density at radius 2 is 1.91 bits per heavy atom. The summed E-state index contributed by atoms with van der Waals surface area (Å²) in [4.78, 5) is 2.57. The van der Waals surface area contributed by atoms with E-state index in [1.54, 1.807) is 0 Å². The first-order valence-electron chi connectivity index (χ1n) is 4.79. The Morgan fingerprint density at radius 3 is 2.55 bits per heavy atom. The molecule has 0 spiro atoms. The molecule has 0 aromatic carbocycles. The molecule has 2 aliphatic rings. The van der Waals surface area contributed by atoms with Gasteiger partial charge in [0.05, 0.1) is 12.7 Å². The van der Waals surface area contributed by atoms with E-state index in [9.17, 15) is 0 Å². The molecule has 0 aromatic heterocycles. The predicted octanol–water partition coefficient (Wildman–Crippen LogP) is 1.26. The average Bonchev–Trinajstić information content (AvgIpc) is 2.86. The third-order valence-corrected chi connectivity index (χ3v) is 2.62. The van der Waals surface area contributed by atoms with Gasteiger partial charge in [0.2, 0.25) is 0 Å². The van der Waals surface area contributed by atoms with E-state index >= 15 is 0 Å². The zero-order valence-electron chi connectivity index (χ0n) is 7.09. The summed E-state index contributed by atoms with van der Waals surface area (Å²) >= 11 is 0. The molecule has 0 radical (unpaired) electrons. The van der Waals surface area contributed by atoms with Crippen molar-refractivity contribution in [1.29, 1.82) is 0 Å². The lowest BCUT2D eigenvalue weighted by Crippen LogP contribution is -2.31. The summed E-state index contributed by atoms with van der Waals surface area (Å²) in [5, 5.41) is 0. The van der Waals surface area contributed by atoms with E-state index in [1.807, 2.05) is 0 Å². The molecule has 2 rings (SSSR count). The number of epoxide rings is 1. The SMILES string of the molecule is C1CCN(CCC2CO2)CC1. The van der Waals surface area contributed by atoms with Gasteiger partial charge in [-0.15, -0.1) is 0 Å². The normalized spacial score (nSPS) is 32.2. The van der Waals surface area contributed by atoms with Gasteiger partial charge in [-0.2, -0.15) is 0 Å². The predicted molar refractivity (Wildman–Crippen MR) is 44.6 cm³/mol. The van der Waals surface area contributed by atoms with Gasteiger partial charge in [0.15, 0.2) is 0 Å². The van der Waals surface area contributed by atoms with Crippen LogP contribution in [0.4, 0.5) is 0 Å². The molecule has 2 nitrogen and oxygen atoms in total. The third kappa shape index (κ3) is 2.46. The summed E-state index contributed by atoms with van der Waals surface area (Å²) in [6.45, 7) is 4.94. The van der Waals surface area contributed by atoms with Crippen molar-refractivity contribution >= 4 is 0 Å². The molecule has 0 aliphatic carbocycles. The van der Waals surface area contributed by atoms with Gasteiger partial charge >= 0.3 is 0 Å². The van der Waals surface area contributed by atoms with E-state index in [4.69, 9.17) is 4.74 Å². The highest BCUT2D eigenvalue weighted by Gasteiger charge is 2.23. The Balaban J connectivity index is 1.59. The number of hydrogen-bond acceptors (Lipinski definition) is 2. The molecule has 1 unspecified atom stereocenters. The van der Waals surface area contributed by atoms with Gasteiger partial charge < -0.3 is 9.64 Å². The van der Waals surface area contributed by atoms with Crippen LogP contribution in [0.3, 0.4) is 0 Å². The van der Waals surface area contributed by atoms with E-state index in [1.165, 1.54) is 45.3 Å². The van der Waals surface area contributed by atoms with Gasteiger partial charge in [0, 0.05) is 6.54 Å². The molecule has 2 heterocycles. The maximum Gasteiger partial charge on any atom is 0.0822 e. The summed E-state index contributed by atoms with van der Waals surface area (Å²) in [6, 6.07) is 0. The van der Waals surface area contributed by atoms with Crippen LogP contribution in [0.25, 0.3) is 0 Å². The van der Waals surface area contributed by atoms with Crippen LogP contribution in [0.2, 0.25) is 0 Å². The number of nitrogens with zero attached hydrogens (tertiary/aromatic N) is 1. The standard InChI is InChI=1S/C9H17NO/c1-2-5-10(6-3-1)7-4-9-8-11-9/h9H,1-8H2. The molecule has 1 atom stereocenters. The van der Waals surface area contributed by atoms with Gasteiger partial charge in [-0.1, -0.05) is 6.42 Å². The molecule has 2 saturated heterocycles. The Morgan fingerprint density at radius 1 is 1.18 bits per heavy atom. The van der Waals surface area contributed by atoms with Crippen molar-refractivity contribution < 1.29 is 4.74 Å². The van der Waals surface area contributed by atoms with Gasteiger partial charge in [-0.3, -0.25) is 0 Å². The summed E-state index contributed by atoms with van der Waals surface area (Å²) in [5.74, 6) is 0. The van der Waals surface area contributed by atoms with Crippen LogP contribution >= 0.6 is 0 Å². The van der Waals surface area contributed by atoms with Crippen LogP contribution < -0.4 is 0 Å². The van der Waals surface area contributed by atoms with Crippen molar-refractivity contribution in [2.24, 2.45) is 0 Å². The number of hydrogen-bond donors (Lipinski definition) is 0. The van der Waals surface area contributed by atoms with Gasteiger partial charge in [0.1, 0.15) is 0 Å². The first-order chi connectivity index (χ1) is 5.45. The van der Waals surface area contributed by atoms with Crippen LogP contribution in [0.1, 0.15) is 25.7 Å². The average molecular weight is 155 g/mol. The van der Waals surface area contributed by atoms with E-state index < -0.39 is 0 Å². The van der Waals surface area contributed by atoms with Crippen LogP contribution in [0, 0.1) is 0 Å². The second-order valence-corrected chi connectivity index (χ2v) is 3.65. The lowest BCUT2D eigenvalue weighted by molar-refractivity contribution is 0.217. The molecule has 2 aliphatic heterocycles. The highest BCUT2D eigenvalue weighted by atomic mass is 16.6. The molecule has 2 heteroatoms. The molecule has 0 saturated carbocycles. The lowest BCUT2D eigenvalue weighted by Gasteiger charge is -2.25. The Labute approximate surface area is 68.5 Å². The molecular weight excluding hydrogens is 138 g/mol. The van der Waals surface area contributed by atoms with Crippen molar-refractivity contribution in [3.8, 4) is 0 Å². The number of piperidine rings is 1. The molecule has 2 fully saturated rings. The minimum atomic E-state index is 0.622. The van der Waals surface area contributed by atoms with Crippen molar-refractivity contribution in [3.63, 3.8) is 0 Å². The zero-order chi connectivity index (χ0) is 7.52. The van der Waals surface area contributed by atoms with Crippen molar-refractivity contribution in [2.45, 2.75) is 31.8 Å². The number of likely N-dealkylation sites (tertiary alicyclic amines) is 1. The van der Waals surface area contributed by atoms with E-state index in [0.29, 0.717) is 6.10 Å². The molecule has 0 bridgehead atoms. The van der Waals surface area contributed by atoms with Crippen LogP contribution in [-0.4, -0.2) is 37.2 Å². The Bertz CT molecular complexity index is 117. The fourth-order valence-corrected chi connectivity index (χ4v) is 1.74. The molecule has 0 aromatic rings. The number of rotatable bonds is 3. The van der Waals surface area contributed by atoms with Gasteiger partial charge in [-0.05, 0) is 32.4 Å². The highest BCUT2D eigenvalue weighted by Crippen LogP contribution is 2.15. The third-order valence-electron chi connectivity index (χ3n) is 2.62. The van der Waals surface area contributed by atoms with E-state index in [0.717, 1.165) is 6.61 Å². The van der Waals surface area contributed by atoms with E-state index in [-0.39, 0.29) is 0 Å².